The summed E-state index contributed by atoms with van der Waals surface area (Å²) in [6.07, 6.45) is 6.23. The summed E-state index contributed by atoms with van der Waals surface area (Å²) in [7, 11) is 3.28. The van der Waals surface area contributed by atoms with Gasteiger partial charge in [0.25, 0.3) is 0 Å². The van der Waals surface area contributed by atoms with Crippen LogP contribution in [0.15, 0.2) is 30.9 Å². The Bertz CT molecular complexity index is 573. The average molecular weight is 287 g/mol. The van der Waals surface area contributed by atoms with E-state index in [-0.39, 0.29) is 0 Å². The summed E-state index contributed by atoms with van der Waals surface area (Å²) in [5.41, 5.74) is 3.15. The predicted molar refractivity (Wildman–Crippen MR) is 82.6 cm³/mol. The van der Waals surface area contributed by atoms with E-state index in [4.69, 9.17) is 9.47 Å². The first-order valence-electron chi connectivity index (χ1n) is 7.01. The van der Waals surface area contributed by atoms with Crippen LogP contribution >= 0.6 is 0 Å². The Hall–Kier alpha value is -2.14. The van der Waals surface area contributed by atoms with Crippen molar-refractivity contribution in [2.45, 2.75) is 19.9 Å². The van der Waals surface area contributed by atoms with E-state index in [0.29, 0.717) is 5.75 Å². The molecule has 1 aromatic heterocycles. The smallest absolute Gasteiger partial charge is 0.161 e. The first-order valence-corrected chi connectivity index (χ1v) is 7.01. The number of rotatable bonds is 7. The lowest BCUT2D eigenvalue weighted by atomic mass is 10.0. The molecule has 2 rings (SSSR count). The Morgan fingerprint density at radius 3 is 2.33 bits per heavy atom. The van der Waals surface area contributed by atoms with Gasteiger partial charge in [0.1, 0.15) is 6.33 Å². The van der Waals surface area contributed by atoms with Gasteiger partial charge in [-0.1, -0.05) is 6.92 Å². The van der Waals surface area contributed by atoms with Gasteiger partial charge in [-0.2, -0.15) is 0 Å². The quantitative estimate of drug-likeness (QED) is 0.793. The van der Waals surface area contributed by atoms with Crippen LogP contribution in [0, 0.1) is 0 Å². The largest absolute Gasteiger partial charge is 0.493 e. The van der Waals surface area contributed by atoms with Crippen molar-refractivity contribution >= 4 is 0 Å². The van der Waals surface area contributed by atoms with E-state index in [9.17, 15) is 0 Å². The second-order valence-electron chi connectivity index (χ2n) is 4.67. The molecule has 0 fully saturated rings. The van der Waals surface area contributed by atoms with E-state index in [1.165, 1.54) is 6.33 Å². The molecule has 0 amide bonds. The molecule has 1 aromatic carbocycles. The molecule has 0 spiro atoms. The van der Waals surface area contributed by atoms with Gasteiger partial charge in [-0.3, -0.25) is 0 Å². The van der Waals surface area contributed by atoms with E-state index in [1.54, 1.807) is 26.6 Å². The molecule has 0 saturated carbocycles. The molecule has 0 saturated heterocycles. The molecular formula is C16H21N3O2. The maximum atomic E-state index is 5.39. The fraction of sp³-hybridized carbons (Fsp3) is 0.375. The summed E-state index contributed by atoms with van der Waals surface area (Å²) in [5, 5.41) is 3.41. The number of methoxy groups -OCH3 is 2. The van der Waals surface area contributed by atoms with Crippen LogP contribution in [0.2, 0.25) is 0 Å². The van der Waals surface area contributed by atoms with Gasteiger partial charge < -0.3 is 14.8 Å². The summed E-state index contributed by atoms with van der Waals surface area (Å²) in [6.45, 7) is 3.88. The molecule has 21 heavy (non-hydrogen) atoms. The molecule has 5 heteroatoms. The fourth-order valence-electron chi connectivity index (χ4n) is 2.17. The molecule has 0 bridgehead atoms. The first-order chi connectivity index (χ1) is 10.3. The zero-order valence-corrected chi connectivity index (χ0v) is 12.7. The van der Waals surface area contributed by atoms with Gasteiger partial charge in [-0.25, -0.2) is 9.97 Å². The standard InChI is InChI=1S/C16H21N3O2/c1-4-5-17-8-12-6-15(20-2)16(21-3)7-14(12)13-9-18-11-19-10-13/h6-7,9-11,17H,4-5,8H2,1-3H3. The van der Waals surface area contributed by atoms with Crippen molar-refractivity contribution in [1.82, 2.24) is 15.3 Å². The molecule has 0 radical (unpaired) electrons. The molecule has 0 aliphatic heterocycles. The SMILES string of the molecule is CCCNCc1cc(OC)c(OC)cc1-c1cncnc1. The lowest BCUT2D eigenvalue weighted by Crippen LogP contribution is -2.14. The van der Waals surface area contributed by atoms with Crippen LogP contribution in [0.4, 0.5) is 0 Å². The van der Waals surface area contributed by atoms with Crippen LogP contribution in [-0.2, 0) is 6.54 Å². The molecule has 1 N–H and O–H groups in total. The maximum absolute atomic E-state index is 5.39. The Morgan fingerprint density at radius 1 is 1.05 bits per heavy atom. The van der Waals surface area contributed by atoms with Crippen LogP contribution in [0.5, 0.6) is 11.5 Å². The second kappa shape index (κ2) is 7.59. The lowest BCUT2D eigenvalue weighted by molar-refractivity contribution is 0.354. The van der Waals surface area contributed by atoms with Crippen molar-refractivity contribution in [3.05, 3.63) is 36.4 Å². The normalized spacial score (nSPS) is 10.4. The minimum absolute atomic E-state index is 0.704. The molecule has 112 valence electrons. The number of hydrogen-bond donors (Lipinski definition) is 1. The third-order valence-electron chi connectivity index (χ3n) is 3.22. The average Bonchev–Trinajstić information content (AvgIpc) is 2.55. The maximum Gasteiger partial charge on any atom is 0.161 e. The van der Waals surface area contributed by atoms with E-state index in [2.05, 4.69) is 22.2 Å². The van der Waals surface area contributed by atoms with Crippen molar-refractivity contribution in [1.29, 1.82) is 0 Å². The topological polar surface area (TPSA) is 56.3 Å². The summed E-state index contributed by atoms with van der Waals surface area (Å²) in [6, 6.07) is 3.98. The van der Waals surface area contributed by atoms with E-state index in [1.807, 2.05) is 12.1 Å². The van der Waals surface area contributed by atoms with Gasteiger partial charge in [-0.15, -0.1) is 0 Å². The van der Waals surface area contributed by atoms with Gasteiger partial charge in [0, 0.05) is 24.5 Å². The summed E-state index contributed by atoms with van der Waals surface area (Å²) in [4.78, 5) is 8.19. The number of hydrogen-bond acceptors (Lipinski definition) is 5. The summed E-state index contributed by atoms with van der Waals surface area (Å²) in [5.74, 6) is 1.43. The van der Waals surface area contributed by atoms with Crippen LogP contribution in [0.1, 0.15) is 18.9 Å². The number of ether oxygens (including phenoxy) is 2. The van der Waals surface area contributed by atoms with Crippen LogP contribution in [0.3, 0.4) is 0 Å². The molecule has 5 nitrogen and oxygen atoms in total. The van der Waals surface area contributed by atoms with Crippen molar-refractivity contribution in [2.24, 2.45) is 0 Å². The Kier molecular flexibility index (Phi) is 5.51. The zero-order valence-electron chi connectivity index (χ0n) is 12.7. The van der Waals surface area contributed by atoms with Crippen LogP contribution in [-0.4, -0.2) is 30.7 Å². The molecule has 0 unspecified atom stereocenters. The molecular weight excluding hydrogens is 266 g/mol. The third kappa shape index (κ3) is 3.70. The summed E-state index contributed by atoms with van der Waals surface area (Å²) >= 11 is 0. The highest BCUT2D eigenvalue weighted by atomic mass is 16.5. The molecule has 0 aliphatic rings. The Morgan fingerprint density at radius 2 is 1.71 bits per heavy atom. The van der Waals surface area contributed by atoms with Crippen molar-refractivity contribution in [3.8, 4) is 22.6 Å². The predicted octanol–water partition coefficient (Wildman–Crippen LogP) is 2.66. The van der Waals surface area contributed by atoms with E-state index in [0.717, 1.165) is 42.0 Å². The molecule has 2 aromatic rings. The highest BCUT2D eigenvalue weighted by Gasteiger charge is 2.12. The van der Waals surface area contributed by atoms with E-state index >= 15 is 0 Å². The monoisotopic (exact) mass is 287 g/mol. The molecule has 0 aliphatic carbocycles. The Labute approximate surface area is 125 Å². The van der Waals surface area contributed by atoms with Crippen molar-refractivity contribution in [3.63, 3.8) is 0 Å². The van der Waals surface area contributed by atoms with Crippen molar-refractivity contribution < 1.29 is 9.47 Å². The van der Waals surface area contributed by atoms with Crippen molar-refractivity contribution in [2.75, 3.05) is 20.8 Å². The second-order valence-corrected chi connectivity index (χ2v) is 4.67. The molecule has 1 heterocycles. The minimum atomic E-state index is 0.704. The van der Waals surface area contributed by atoms with Crippen LogP contribution < -0.4 is 14.8 Å². The Balaban J connectivity index is 2.44. The van der Waals surface area contributed by atoms with E-state index < -0.39 is 0 Å². The van der Waals surface area contributed by atoms with Gasteiger partial charge in [-0.05, 0) is 36.2 Å². The third-order valence-corrected chi connectivity index (χ3v) is 3.22. The summed E-state index contributed by atoms with van der Waals surface area (Å²) < 4.78 is 10.8. The number of nitrogens with one attached hydrogen (secondary N) is 1. The highest BCUT2D eigenvalue weighted by Crippen LogP contribution is 2.35. The highest BCUT2D eigenvalue weighted by molar-refractivity contribution is 5.70. The first kappa shape index (κ1) is 15.3. The number of aromatic nitrogens is 2. The molecule has 0 atom stereocenters. The van der Waals surface area contributed by atoms with Gasteiger partial charge in [0.05, 0.1) is 14.2 Å². The van der Waals surface area contributed by atoms with Gasteiger partial charge in [0.2, 0.25) is 0 Å². The van der Waals surface area contributed by atoms with Crippen LogP contribution in [0.25, 0.3) is 11.1 Å². The minimum Gasteiger partial charge on any atom is -0.493 e. The number of benzene rings is 1. The fourth-order valence-corrected chi connectivity index (χ4v) is 2.17. The van der Waals surface area contributed by atoms with Gasteiger partial charge in [0.15, 0.2) is 11.5 Å². The lowest BCUT2D eigenvalue weighted by Gasteiger charge is -2.15. The number of nitrogens with zero attached hydrogens (tertiary/aromatic N) is 2. The van der Waals surface area contributed by atoms with Gasteiger partial charge >= 0.3 is 0 Å². The zero-order chi connectivity index (χ0) is 15.1.